The minimum atomic E-state index is 0.620. The Bertz CT molecular complexity index is 808. The normalized spacial score (nSPS) is 10.4. The average Bonchev–Trinajstić information content (AvgIpc) is 3.08. The molecule has 0 unspecified atom stereocenters. The molecule has 0 aliphatic carbocycles. The van der Waals surface area contributed by atoms with Crippen molar-refractivity contribution in [3.63, 3.8) is 0 Å². The molecular formula is C17H12ClN2OS+. The van der Waals surface area contributed by atoms with Gasteiger partial charge in [0.25, 0.3) is 5.03 Å². The summed E-state index contributed by atoms with van der Waals surface area (Å²) in [5.41, 5.74) is 2.62. The van der Waals surface area contributed by atoms with Crippen LogP contribution in [0, 0.1) is 11.3 Å². The Hall–Kier alpha value is -2.22. The summed E-state index contributed by atoms with van der Waals surface area (Å²) >= 11 is 7.47. The van der Waals surface area contributed by atoms with Crippen molar-refractivity contribution in [2.24, 2.45) is 0 Å². The van der Waals surface area contributed by atoms with Crippen LogP contribution in [0.5, 0.6) is 0 Å². The molecular weight excluding hydrogens is 316 g/mol. The summed E-state index contributed by atoms with van der Waals surface area (Å²) in [6.45, 7) is 0. The van der Waals surface area contributed by atoms with Crippen molar-refractivity contribution >= 4 is 23.4 Å². The topological polar surface area (TPSA) is 51.1 Å². The smallest absolute Gasteiger partial charge is 0.257 e. The van der Waals surface area contributed by atoms with E-state index in [-0.39, 0.29) is 0 Å². The first kappa shape index (κ1) is 14.7. The Morgan fingerprint density at radius 1 is 1.14 bits per heavy atom. The van der Waals surface area contributed by atoms with Gasteiger partial charge in [0.05, 0.1) is 6.26 Å². The zero-order chi connectivity index (χ0) is 15.4. The molecule has 2 aromatic heterocycles. The van der Waals surface area contributed by atoms with E-state index in [9.17, 15) is 5.26 Å². The van der Waals surface area contributed by atoms with Crippen LogP contribution in [-0.2, 0) is 5.75 Å². The number of nitrogens with one attached hydrogen (secondary N) is 1. The minimum Gasteiger partial charge on any atom is -0.458 e. The number of pyridine rings is 1. The Morgan fingerprint density at radius 2 is 1.95 bits per heavy atom. The summed E-state index contributed by atoms with van der Waals surface area (Å²) in [5.74, 6) is 1.50. The third kappa shape index (κ3) is 3.33. The van der Waals surface area contributed by atoms with Crippen LogP contribution in [0.3, 0.4) is 0 Å². The van der Waals surface area contributed by atoms with Crippen LogP contribution in [0.15, 0.2) is 64.2 Å². The van der Waals surface area contributed by atoms with Crippen molar-refractivity contribution in [1.29, 1.82) is 5.26 Å². The monoisotopic (exact) mass is 327 g/mol. The molecule has 0 fully saturated rings. The van der Waals surface area contributed by atoms with E-state index in [1.54, 1.807) is 24.1 Å². The molecule has 0 aliphatic rings. The van der Waals surface area contributed by atoms with Crippen LogP contribution in [0.25, 0.3) is 11.5 Å². The maximum atomic E-state index is 9.25. The summed E-state index contributed by atoms with van der Waals surface area (Å²) in [4.78, 5) is 3.27. The minimum absolute atomic E-state index is 0.620. The number of nitriles is 1. The summed E-state index contributed by atoms with van der Waals surface area (Å²) in [7, 11) is 0. The van der Waals surface area contributed by atoms with E-state index in [0.717, 1.165) is 32.8 Å². The van der Waals surface area contributed by atoms with Crippen molar-refractivity contribution in [1.82, 2.24) is 0 Å². The van der Waals surface area contributed by atoms with Crippen molar-refractivity contribution in [3.05, 3.63) is 70.9 Å². The second-order valence-electron chi connectivity index (χ2n) is 4.62. The number of nitrogens with zero attached hydrogens (tertiary/aromatic N) is 1. The lowest BCUT2D eigenvalue weighted by atomic mass is 10.2. The first-order valence-corrected chi connectivity index (χ1v) is 8.00. The number of halogens is 1. The van der Waals surface area contributed by atoms with E-state index in [1.165, 1.54) is 0 Å². The first-order chi connectivity index (χ1) is 10.8. The standard InChI is InChI=1S/C17H11ClN2OS/c18-14-6-3-12(4-7-14)11-22-17-13(10-19)5-8-15(20-17)16-2-1-9-21-16/h1-9H,11H2/p+1. The lowest BCUT2D eigenvalue weighted by Crippen LogP contribution is -2.12. The van der Waals surface area contributed by atoms with Gasteiger partial charge in [0.15, 0.2) is 5.76 Å². The van der Waals surface area contributed by atoms with E-state index in [1.807, 2.05) is 42.5 Å². The van der Waals surface area contributed by atoms with E-state index < -0.39 is 0 Å². The molecule has 2 heterocycles. The molecule has 0 radical (unpaired) electrons. The highest BCUT2D eigenvalue weighted by molar-refractivity contribution is 7.98. The zero-order valence-corrected chi connectivity index (χ0v) is 13.1. The molecule has 3 nitrogen and oxygen atoms in total. The fraction of sp³-hybridized carbons (Fsp3) is 0.0588. The molecule has 108 valence electrons. The van der Waals surface area contributed by atoms with Crippen LogP contribution in [-0.4, -0.2) is 0 Å². The maximum Gasteiger partial charge on any atom is 0.257 e. The van der Waals surface area contributed by atoms with Gasteiger partial charge in [-0.2, -0.15) is 10.2 Å². The fourth-order valence-electron chi connectivity index (χ4n) is 1.99. The van der Waals surface area contributed by atoms with Gasteiger partial charge in [0, 0.05) is 16.8 Å². The van der Waals surface area contributed by atoms with Crippen LogP contribution < -0.4 is 4.98 Å². The summed E-state index contributed by atoms with van der Waals surface area (Å²) < 4.78 is 5.39. The van der Waals surface area contributed by atoms with E-state index in [2.05, 4.69) is 11.1 Å². The maximum absolute atomic E-state index is 9.25. The van der Waals surface area contributed by atoms with Crippen molar-refractivity contribution < 1.29 is 9.40 Å². The van der Waals surface area contributed by atoms with Crippen molar-refractivity contribution in [2.75, 3.05) is 0 Å². The van der Waals surface area contributed by atoms with Gasteiger partial charge in [-0.15, -0.1) is 0 Å². The lowest BCUT2D eigenvalue weighted by molar-refractivity contribution is -0.415. The van der Waals surface area contributed by atoms with Crippen LogP contribution in [0.2, 0.25) is 5.02 Å². The molecule has 0 saturated carbocycles. The summed E-state index contributed by atoms with van der Waals surface area (Å²) in [6, 6.07) is 17.3. The molecule has 0 saturated heterocycles. The number of aromatic amines is 1. The Labute approximate surface area is 137 Å². The Balaban J connectivity index is 1.84. The molecule has 22 heavy (non-hydrogen) atoms. The van der Waals surface area contributed by atoms with Crippen molar-refractivity contribution in [2.45, 2.75) is 10.8 Å². The van der Waals surface area contributed by atoms with Gasteiger partial charge in [0.2, 0.25) is 5.69 Å². The molecule has 0 atom stereocenters. The molecule has 1 N–H and O–H groups in total. The molecule has 5 heteroatoms. The summed E-state index contributed by atoms with van der Waals surface area (Å²) in [6.07, 6.45) is 1.63. The van der Waals surface area contributed by atoms with Crippen LogP contribution >= 0.6 is 23.4 Å². The second kappa shape index (κ2) is 6.69. The van der Waals surface area contributed by atoms with E-state index in [0.29, 0.717) is 5.56 Å². The molecule has 0 bridgehead atoms. The quantitative estimate of drug-likeness (QED) is 0.659. The number of rotatable bonds is 4. The number of thioether (sulfide) groups is 1. The molecule has 3 aromatic rings. The number of hydrogen-bond acceptors (Lipinski definition) is 3. The predicted molar refractivity (Wildman–Crippen MR) is 86.4 cm³/mol. The van der Waals surface area contributed by atoms with Gasteiger partial charge in [-0.3, -0.25) is 0 Å². The van der Waals surface area contributed by atoms with Crippen LogP contribution in [0.4, 0.5) is 0 Å². The average molecular weight is 328 g/mol. The van der Waals surface area contributed by atoms with Gasteiger partial charge < -0.3 is 4.42 Å². The highest BCUT2D eigenvalue weighted by atomic mass is 35.5. The third-order valence-corrected chi connectivity index (χ3v) is 4.45. The van der Waals surface area contributed by atoms with Gasteiger partial charge in [-0.05, 0) is 35.9 Å². The lowest BCUT2D eigenvalue weighted by Gasteiger charge is -2.01. The number of furan rings is 1. The highest BCUT2D eigenvalue weighted by Crippen LogP contribution is 2.25. The van der Waals surface area contributed by atoms with Gasteiger partial charge in [0.1, 0.15) is 11.6 Å². The molecule has 0 aliphatic heterocycles. The second-order valence-corrected chi connectivity index (χ2v) is 6.04. The predicted octanol–water partition coefficient (Wildman–Crippen LogP) is 4.58. The SMILES string of the molecule is N#Cc1ccc(-c2ccco2)[nH+]c1SCc1ccc(Cl)cc1. The van der Waals surface area contributed by atoms with E-state index >= 15 is 0 Å². The van der Waals surface area contributed by atoms with Gasteiger partial charge in [-0.25, -0.2) is 0 Å². The molecule has 0 spiro atoms. The molecule has 1 aromatic carbocycles. The van der Waals surface area contributed by atoms with Crippen LogP contribution in [0.1, 0.15) is 11.1 Å². The largest absolute Gasteiger partial charge is 0.458 e. The Kier molecular flexibility index (Phi) is 4.47. The number of H-pyrrole nitrogens is 1. The number of aromatic nitrogens is 1. The zero-order valence-electron chi connectivity index (χ0n) is 11.5. The number of benzene rings is 1. The van der Waals surface area contributed by atoms with Crippen molar-refractivity contribution in [3.8, 4) is 17.5 Å². The third-order valence-electron chi connectivity index (χ3n) is 3.11. The van der Waals surface area contributed by atoms with Gasteiger partial charge in [-0.1, -0.05) is 35.5 Å². The number of hydrogen-bond donors (Lipinski definition) is 0. The fourth-order valence-corrected chi connectivity index (χ4v) is 3.07. The summed E-state index contributed by atoms with van der Waals surface area (Å²) in [5, 5.41) is 10.8. The van der Waals surface area contributed by atoms with Gasteiger partial charge >= 0.3 is 0 Å². The Morgan fingerprint density at radius 3 is 2.64 bits per heavy atom. The molecule has 3 rings (SSSR count). The molecule has 0 amide bonds. The first-order valence-electron chi connectivity index (χ1n) is 6.64. The highest BCUT2D eigenvalue weighted by Gasteiger charge is 2.16. The van der Waals surface area contributed by atoms with E-state index in [4.69, 9.17) is 16.0 Å².